The highest BCUT2D eigenvalue weighted by atomic mass is 32.1. The molecule has 0 aliphatic rings. The third-order valence-corrected chi connectivity index (χ3v) is 5.54. The van der Waals surface area contributed by atoms with Crippen LogP contribution in [0.5, 0.6) is 0 Å². The zero-order valence-corrected chi connectivity index (χ0v) is 16.7. The fraction of sp³-hybridized carbons (Fsp3) is 0.350. The van der Waals surface area contributed by atoms with Gasteiger partial charge in [0.25, 0.3) is 5.56 Å². The maximum Gasteiger partial charge on any atom is 0.336 e. The lowest BCUT2D eigenvalue weighted by Crippen LogP contribution is -2.42. The minimum Gasteiger partial charge on any atom is -0.341 e. The number of unbranched alkanes of at least 4 members (excludes halogenated alkanes) is 1. The highest BCUT2D eigenvalue weighted by Crippen LogP contribution is 2.17. The topological polar surface area (TPSA) is 64.3 Å². The van der Waals surface area contributed by atoms with Crippen molar-refractivity contribution in [3.05, 3.63) is 62.4 Å². The average Bonchev–Trinajstić information content (AvgIpc) is 3.17. The summed E-state index contributed by atoms with van der Waals surface area (Å²) in [6.45, 7) is 4.99. The predicted molar refractivity (Wildman–Crippen MR) is 109 cm³/mol. The van der Waals surface area contributed by atoms with E-state index < -0.39 is 17.1 Å². The van der Waals surface area contributed by atoms with Gasteiger partial charge in [-0.05, 0) is 49.1 Å². The van der Waals surface area contributed by atoms with Crippen molar-refractivity contribution in [1.29, 1.82) is 0 Å². The Morgan fingerprint density at radius 1 is 1.14 bits per heavy atom. The van der Waals surface area contributed by atoms with Gasteiger partial charge in [-0.3, -0.25) is 14.2 Å². The number of rotatable bonds is 7. The smallest absolute Gasteiger partial charge is 0.336 e. The van der Waals surface area contributed by atoms with Crippen LogP contribution in [-0.2, 0) is 11.3 Å². The first-order valence-electron chi connectivity index (χ1n) is 9.24. The molecule has 0 N–H and O–H groups in total. The lowest BCUT2D eigenvalue weighted by Gasteiger charge is -2.21. The van der Waals surface area contributed by atoms with Crippen LogP contribution in [0.2, 0.25) is 0 Å². The van der Waals surface area contributed by atoms with Gasteiger partial charge in [-0.15, -0.1) is 11.3 Å². The molecule has 0 atom stereocenters. The summed E-state index contributed by atoms with van der Waals surface area (Å²) in [6.07, 6.45) is 1.85. The van der Waals surface area contributed by atoms with Crippen molar-refractivity contribution in [2.45, 2.75) is 33.2 Å². The number of hydrogen-bond donors (Lipinski definition) is 0. The van der Waals surface area contributed by atoms with Gasteiger partial charge in [0.05, 0.1) is 11.2 Å². The molecule has 6 nitrogen and oxygen atoms in total. The quantitative estimate of drug-likeness (QED) is 0.609. The molecule has 0 radical (unpaired) electrons. The number of carbonyl (C=O) groups excluding carboxylic acids is 1. The van der Waals surface area contributed by atoms with Gasteiger partial charge in [-0.25, -0.2) is 13.8 Å². The number of thiophene rings is 1. The molecule has 0 spiro atoms. The Hall–Kier alpha value is -2.74. The van der Waals surface area contributed by atoms with Crippen molar-refractivity contribution in [3.63, 3.8) is 0 Å². The molecule has 2 aromatic heterocycles. The van der Waals surface area contributed by atoms with E-state index in [-0.39, 0.29) is 18.1 Å². The molecule has 0 aliphatic carbocycles. The maximum atomic E-state index is 13.3. The Morgan fingerprint density at radius 2 is 1.86 bits per heavy atom. The Labute approximate surface area is 165 Å². The van der Waals surface area contributed by atoms with Crippen molar-refractivity contribution >= 4 is 27.5 Å². The number of aromatic nitrogens is 2. The van der Waals surface area contributed by atoms with Crippen molar-refractivity contribution in [1.82, 2.24) is 14.0 Å². The molecular weight excluding hydrogens is 381 g/mol. The molecule has 0 bridgehead atoms. The number of halogens is 1. The molecule has 0 saturated heterocycles. The van der Waals surface area contributed by atoms with E-state index in [1.807, 2.05) is 6.92 Å². The summed E-state index contributed by atoms with van der Waals surface area (Å²) in [5.41, 5.74) is -0.365. The van der Waals surface area contributed by atoms with E-state index in [2.05, 4.69) is 6.92 Å². The molecule has 1 amide bonds. The largest absolute Gasteiger partial charge is 0.341 e. The molecule has 148 valence electrons. The zero-order valence-electron chi connectivity index (χ0n) is 15.9. The van der Waals surface area contributed by atoms with E-state index in [0.29, 0.717) is 23.3 Å². The van der Waals surface area contributed by atoms with Crippen molar-refractivity contribution in [3.8, 4) is 5.69 Å². The van der Waals surface area contributed by atoms with Crippen LogP contribution in [0.3, 0.4) is 0 Å². The number of nitrogens with zero attached hydrogens (tertiary/aromatic N) is 3. The lowest BCUT2D eigenvalue weighted by atomic mass is 10.3. The van der Waals surface area contributed by atoms with Gasteiger partial charge in [0.2, 0.25) is 5.91 Å². The standard InChI is InChI=1S/C20H22FN3O3S/c1-3-5-11-22(4-2)17(25)13-23-16-10-12-28-18(16)19(26)24(20(23)27)15-8-6-14(21)7-9-15/h6-10,12H,3-5,11,13H2,1-2H3. The molecule has 0 saturated carbocycles. The number of amides is 1. The first kappa shape index (κ1) is 20.0. The van der Waals surface area contributed by atoms with Gasteiger partial charge in [0.1, 0.15) is 17.1 Å². The molecule has 1 aromatic carbocycles. The van der Waals surface area contributed by atoms with Crippen LogP contribution in [0.4, 0.5) is 4.39 Å². The van der Waals surface area contributed by atoms with Crippen LogP contribution < -0.4 is 11.2 Å². The van der Waals surface area contributed by atoms with E-state index in [0.717, 1.165) is 17.4 Å². The highest BCUT2D eigenvalue weighted by molar-refractivity contribution is 7.17. The predicted octanol–water partition coefficient (Wildman–Crippen LogP) is 3.00. The summed E-state index contributed by atoms with van der Waals surface area (Å²) in [5.74, 6) is -0.631. The first-order chi connectivity index (χ1) is 13.5. The summed E-state index contributed by atoms with van der Waals surface area (Å²) in [5, 5.41) is 1.72. The van der Waals surface area contributed by atoms with Crippen molar-refractivity contribution < 1.29 is 9.18 Å². The van der Waals surface area contributed by atoms with Gasteiger partial charge in [0.15, 0.2) is 0 Å². The Bertz CT molecular complexity index is 1100. The fourth-order valence-corrected chi connectivity index (χ4v) is 3.93. The molecule has 28 heavy (non-hydrogen) atoms. The molecule has 0 fully saturated rings. The second kappa shape index (κ2) is 8.52. The monoisotopic (exact) mass is 403 g/mol. The third-order valence-electron chi connectivity index (χ3n) is 4.65. The summed E-state index contributed by atoms with van der Waals surface area (Å²) < 4.78 is 16.0. The van der Waals surface area contributed by atoms with Crippen LogP contribution in [0, 0.1) is 5.82 Å². The summed E-state index contributed by atoms with van der Waals surface area (Å²) >= 11 is 1.21. The first-order valence-corrected chi connectivity index (χ1v) is 10.1. The number of likely N-dealkylation sites (N-methyl/N-ethyl adjacent to an activating group) is 1. The zero-order chi connectivity index (χ0) is 20.3. The van der Waals surface area contributed by atoms with Gasteiger partial charge < -0.3 is 4.90 Å². The van der Waals surface area contributed by atoms with E-state index in [4.69, 9.17) is 0 Å². The van der Waals surface area contributed by atoms with E-state index >= 15 is 0 Å². The molecule has 0 aliphatic heterocycles. The number of benzene rings is 1. The van der Waals surface area contributed by atoms with Crippen LogP contribution in [0.25, 0.3) is 15.9 Å². The Kier molecular flexibility index (Phi) is 6.08. The minimum atomic E-state index is -0.609. The number of carbonyl (C=O) groups is 1. The lowest BCUT2D eigenvalue weighted by molar-refractivity contribution is -0.131. The molecule has 8 heteroatoms. The normalized spacial score (nSPS) is 11.1. The van der Waals surface area contributed by atoms with Gasteiger partial charge >= 0.3 is 5.69 Å². The molecule has 0 unspecified atom stereocenters. The second-order valence-corrected chi connectivity index (χ2v) is 7.36. The SMILES string of the molecule is CCCCN(CC)C(=O)Cn1c(=O)n(-c2ccc(F)cc2)c(=O)c2sccc21. The molecular formula is C20H22FN3O3S. The minimum absolute atomic E-state index is 0.148. The Morgan fingerprint density at radius 3 is 2.50 bits per heavy atom. The average molecular weight is 403 g/mol. The summed E-state index contributed by atoms with van der Waals surface area (Å²) in [6, 6.07) is 6.82. The van der Waals surface area contributed by atoms with Crippen LogP contribution in [-0.4, -0.2) is 33.0 Å². The van der Waals surface area contributed by atoms with Gasteiger partial charge in [-0.2, -0.15) is 0 Å². The van der Waals surface area contributed by atoms with Gasteiger partial charge in [-0.1, -0.05) is 13.3 Å². The maximum absolute atomic E-state index is 13.3. The van der Waals surface area contributed by atoms with E-state index in [1.54, 1.807) is 16.3 Å². The second-order valence-electron chi connectivity index (χ2n) is 6.45. The van der Waals surface area contributed by atoms with Gasteiger partial charge in [0, 0.05) is 13.1 Å². The van der Waals surface area contributed by atoms with Crippen LogP contribution >= 0.6 is 11.3 Å². The summed E-state index contributed by atoms with van der Waals surface area (Å²) in [4.78, 5) is 40.4. The highest BCUT2D eigenvalue weighted by Gasteiger charge is 2.19. The Balaban J connectivity index is 2.11. The van der Waals surface area contributed by atoms with Crippen molar-refractivity contribution in [2.75, 3.05) is 13.1 Å². The molecule has 3 rings (SSSR count). The number of fused-ring (bicyclic) bond motifs is 1. The van der Waals surface area contributed by atoms with Crippen LogP contribution in [0.15, 0.2) is 45.3 Å². The van der Waals surface area contributed by atoms with Crippen LogP contribution in [0.1, 0.15) is 26.7 Å². The van der Waals surface area contributed by atoms with Crippen molar-refractivity contribution in [2.24, 2.45) is 0 Å². The fourth-order valence-electron chi connectivity index (χ4n) is 3.10. The molecule has 3 aromatic rings. The number of hydrogen-bond acceptors (Lipinski definition) is 4. The van der Waals surface area contributed by atoms with E-state index in [1.165, 1.54) is 40.2 Å². The van der Waals surface area contributed by atoms with E-state index in [9.17, 15) is 18.8 Å². The third kappa shape index (κ3) is 3.77. The summed E-state index contributed by atoms with van der Waals surface area (Å²) in [7, 11) is 0. The molecule has 2 heterocycles.